The van der Waals surface area contributed by atoms with E-state index in [0.717, 1.165) is 5.56 Å². The Morgan fingerprint density at radius 3 is 2.59 bits per heavy atom. The molecule has 0 atom stereocenters. The molecule has 7 heteroatoms. The molecule has 6 nitrogen and oxygen atoms in total. The molecule has 0 spiro atoms. The fraction of sp³-hybridized carbons (Fsp3) is 0.200. The maximum absolute atomic E-state index is 11.6. The second kappa shape index (κ2) is 7.46. The minimum absolute atomic E-state index is 0.0858. The normalized spacial score (nSPS) is 10.2. The molecule has 1 aromatic carbocycles. The van der Waals surface area contributed by atoms with Crippen molar-refractivity contribution in [1.29, 1.82) is 0 Å². The largest absolute Gasteiger partial charge is 0.504 e. The average Bonchev–Trinajstić information content (AvgIpc) is 3.03. The maximum atomic E-state index is 11.6. The van der Waals surface area contributed by atoms with Gasteiger partial charge in [0.15, 0.2) is 11.5 Å². The van der Waals surface area contributed by atoms with Gasteiger partial charge in [0, 0.05) is 6.54 Å². The maximum Gasteiger partial charge on any atom is 0.261 e. The summed E-state index contributed by atoms with van der Waals surface area (Å²) in [5.74, 6) is -0.919. The lowest BCUT2D eigenvalue weighted by Crippen LogP contribution is -2.37. The molecule has 0 saturated heterocycles. The first-order chi connectivity index (χ1) is 10.6. The number of hydrogen-bond acceptors (Lipinski definition) is 5. The van der Waals surface area contributed by atoms with Gasteiger partial charge in [0.25, 0.3) is 5.91 Å². The Bertz CT molecular complexity index is 656. The van der Waals surface area contributed by atoms with Crippen LogP contribution >= 0.6 is 11.3 Å². The Morgan fingerprint density at radius 1 is 1.09 bits per heavy atom. The Labute approximate surface area is 131 Å². The van der Waals surface area contributed by atoms with E-state index in [-0.39, 0.29) is 29.9 Å². The molecule has 0 aliphatic heterocycles. The number of phenols is 2. The summed E-state index contributed by atoms with van der Waals surface area (Å²) in [6.45, 7) is 0.287. The number of carbonyl (C=O) groups is 2. The van der Waals surface area contributed by atoms with Crippen molar-refractivity contribution < 1.29 is 19.8 Å². The van der Waals surface area contributed by atoms with Gasteiger partial charge < -0.3 is 20.8 Å². The van der Waals surface area contributed by atoms with E-state index >= 15 is 0 Å². The Morgan fingerprint density at radius 2 is 1.91 bits per heavy atom. The summed E-state index contributed by atoms with van der Waals surface area (Å²) in [7, 11) is 0. The second-order valence-corrected chi connectivity index (χ2v) is 5.53. The highest BCUT2D eigenvalue weighted by Gasteiger charge is 2.08. The summed E-state index contributed by atoms with van der Waals surface area (Å²) in [5, 5.41) is 25.6. The van der Waals surface area contributed by atoms with Crippen molar-refractivity contribution >= 4 is 23.2 Å². The molecule has 0 aliphatic rings. The lowest BCUT2D eigenvalue weighted by molar-refractivity contribution is -0.120. The van der Waals surface area contributed by atoms with Crippen molar-refractivity contribution in [2.45, 2.75) is 6.42 Å². The zero-order chi connectivity index (χ0) is 15.9. The van der Waals surface area contributed by atoms with Crippen LogP contribution in [-0.2, 0) is 11.2 Å². The predicted molar refractivity (Wildman–Crippen MR) is 83.1 cm³/mol. The van der Waals surface area contributed by atoms with Crippen LogP contribution in [0.1, 0.15) is 15.2 Å². The molecule has 0 aliphatic carbocycles. The first-order valence-electron chi connectivity index (χ1n) is 6.65. The highest BCUT2D eigenvalue weighted by Crippen LogP contribution is 2.24. The first kappa shape index (κ1) is 15.8. The minimum Gasteiger partial charge on any atom is -0.504 e. The molecular weight excluding hydrogens is 304 g/mol. The lowest BCUT2D eigenvalue weighted by atomic mass is 10.1. The number of amides is 2. The van der Waals surface area contributed by atoms with Crippen molar-refractivity contribution in [3.8, 4) is 11.5 Å². The van der Waals surface area contributed by atoms with E-state index in [0.29, 0.717) is 17.8 Å². The average molecular weight is 320 g/mol. The summed E-state index contributed by atoms with van der Waals surface area (Å²) in [6, 6.07) is 7.97. The van der Waals surface area contributed by atoms with Gasteiger partial charge in [-0.05, 0) is 35.6 Å². The van der Waals surface area contributed by atoms with Crippen LogP contribution in [0.2, 0.25) is 0 Å². The number of nitrogens with one attached hydrogen (secondary N) is 2. The quantitative estimate of drug-likeness (QED) is 0.602. The zero-order valence-electron chi connectivity index (χ0n) is 11.7. The predicted octanol–water partition coefficient (Wildman–Crippen LogP) is 1.25. The summed E-state index contributed by atoms with van der Waals surface area (Å²) in [6.07, 6.45) is 0.512. The van der Waals surface area contributed by atoms with Crippen LogP contribution in [0.15, 0.2) is 35.7 Å². The number of benzene rings is 1. The highest BCUT2D eigenvalue weighted by atomic mass is 32.1. The Balaban J connectivity index is 1.69. The molecule has 0 unspecified atom stereocenters. The van der Waals surface area contributed by atoms with Gasteiger partial charge in [0.1, 0.15) is 0 Å². The van der Waals surface area contributed by atoms with Crippen LogP contribution < -0.4 is 10.6 Å². The van der Waals surface area contributed by atoms with Crippen LogP contribution in [-0.4, -0.2) is 35.1 Å². The van der Waals surface area contributed by atoms with Crippen molar-refractivity contribution in [2.75, 3.05) is 13.1 Å². The molecule has 22 heavy (non-hydrogen) atoms. The van der Waals surface area contributed by atoms with Gasteiger partial charge in [-0.25, -0.2) is 0 Å². The van der Waals surface area contributed by atoms with E-state index in [1.54, 1.807) is 23.6 Å². The number of thiophene rings is 1. The van der Waals surface area contributed by atoms with Gasteiger partial charge in [0.05, 0.1) is 11.4 Å². The second-order valence-electron chi connectivity index (χ2n) is 4.58. The summed E-state index contributed by atoms with van der Waals surface area (Å²) < 4.78 is 0. The van der Waals surface area contributed by atoms with E-state index < -0.39 is 0 Å². The van der Waals surface area contributed by atoms with E-state index in [9.17, 15) is 19.8 Å². The van der Waals surface area contributed by atoms with E-state index in [2.05, 4.69) is 10.6 Å². The topological polar surface area (TPSA) is 98.7 Å². The molecule has 0 fully saturated rings. The Kier molecular flexibility index (Phi) is 5.37. The van der Waals surface area contributed by atoms with Gasteiger partial charge >= 0.3 is 0 Å². The van der Waals surface area contributed by atoms with Gasteiger partial charge in [0.2, 0.25) is 5.91 Å². The van der Waals surface area contributed by atoms with Gasteiger partial charge in [-0.2, -0.15) is 0 Å². The van der Waals surface area contributed by atoms with E-state index in [1.165, 1.54) is 23.5 Å². The first-order valence-corrected chi connectivity index (χ1v) is 7.53. The lowest BCUT2D eigenvalue weighted by Gasteiger charge is -2.07. The molecule has 2 aromatic rings. The number of hydrogen-bond donors (Lipinski definition) is 4. The molecule has 2 rings (SSSR count). The van der Waals surface area contributed by atoms with Crippen molar-refractivity contribution in [3.63, 3.8) is 0 Å². The van der Waals surface area contributed by atoms with Crippen LogP contribution in [0.5, 0.6) is 11.5 Å². The molecular formula is C15H16N2O4S. The third kappa shape index (κ3) is 4.49. The highest BCUT2D eigenvalue weighted by molar-refractivity contribution is 7.12. The molecule has 0 saturated carbocycles. The summed E-state index contributed by atoms with van der Waals surface area (Å²) in [4.78, 5) is 23.8. The molecule has 2 amide bonds. The molecule has 0 radical (unpaired) electrons. The molecule has 4 N–H and O–H groups in total. The molecule has 0 bridgehead atoms. The van der Waals surface area contributed by atoms with Crippen molar-refractivity contribution in [1.82, 2.24) is 10.6 Å². The monoisotopic (exact) mass is 320 g/mol. The van der Waals surface area contributed by atoms with Gasteiger partial charge in [-0.15, -0.1) is 11.3 Å². The Hall–Kier alpha value is -2.54. The molecule has 1 heterocycles. The fourth-order valence-electron chi connectivity index (χ4n) is 1.79. The molecule has 116 valence electrons. The fourth-order valence-corrected chi connectivity index (χ4v) is 2.43. The smallest absolute Gasteiger partial charge is 0.261 e. The third-order valence-corrected chi connectivity index (χ3v) is 3.80. The van der Waals surface area contributed by atoms with Crippen molar-refractivity contribution in [3.05, 3.63) is 46.2 Å². The van der Waals surface area contributed by atoms with Crippen molar-refractivity contribution in [2.24, 2.45) is 0 Å². The van der Waals surface area contributed by atoms with Crippen LogP contribution in [0.25, 0.3) is 0 Å². The summed E-state index contributed by atoms with van der Waals surface area (Å²) >= 11 is 1.31. The van der Waals surface area contributed by atoms with E-state index in [1.807, 2.05) is 0 Å². The van der Waals surface area contributed by atoms with E-state index in [4.69, 9.17) is 0 Å². The minimum atomic E-state index is -0.284. The molecule has 1 aromatic heterocycles. The third-order valence-electron chi connectivity index (χ3n) is 2.93. The number of phenolic OH excluding ortho intramolecular Hbond substituents is 2. The number of aromatic hydroxyl groups is 2. The number of carbonyl (C=O) groups excluding carboxylic acids is 2. The summed E-state index contributed by atoms with van der Waals surface area (Å²) in [5.41, 5.74) is 0.790. The SMILES string of the molecule is O=C(CNC(=O)c1cccs1)NCCc1ccc(O)c(O)c1. The van der Waals surface area contributed by atoms with Crippen LogP contribution in [0.4, 0.5) is 0 Å². The van der Waals surface area contributed by atoms with Gasteiger partial charge in [-0.3, -0.25) is 9.59 Å². The standard InChI is InChI=1S/C15H16N2O4S/c18-11-4-3-10(8-12(11)19)5-6-16-14(20)9-17-15(21)13-2-1-7-22-13/h1-4,7-8,18-19H,5-6,9H2,(H,16,20)(H,17,21). The van der Waals surface area contributed by atoms with Crippen LogP contribution in [0, 0.1) is 0 Å². The van der Waals surface area contributed by atoms with Gasteiger partial charge in [-0.1, -0.05) is 12.1 Å². The number of rotatable bonds is 6. The zero-order valence-corrected chi connectivity index (χ0v) is 12.5. The van der Waals surface area contributed by atoms with Crippen LogP contribution in [0.3, 0.4) is 0 Å².